The molecule has 220 valence electrons. The summed E-state index contributed by atoms with van der Waals surface area (Å²) < 4.78 is 22.0. The fourth-order valence-electron chi connectivity index (χ4n) is 5.69. The second-order valence-corrected chi connectivity index (χ2v) is 11.0. The summed E-state index contributed by atoms with van der Waals surface area (Å²) in [5.41, 5.74) is 6.44. The van der Waals surface area contributed by atoms with Gasteiger partial charge in [-0.3, -0.25) is 4.79 Å². The Morgan fingerprint density at radius 3 is 2.23 bits per heavy atom. The monoisotopic (exact) mass is 582 g/mol. The van der Waals surface area contributed by atoms with Crippen LogP contribution in [-0.4, -0.2) is 17.0 Å². The molecule has 1 unspecified atom stereocenters. The van der Waals surface area contributed by atoms with E-state index in [1.807, 2.05) is 84.9 Å². The number of para-hydroxylation sites is 1. The van der Waals surface area contributed by atoms with Crippen LogP contribution in [0, 0.1) is 5.82 Å². The lowest BCUT2D eigenvalue weighted by atomic mass is 9.88. The Bertz CT molecular complexity index is 1810. The lowest BCUT2D eigenvalue weighted by Crippen LogP contribution is -2.27. The maximum Gasteiger partial charge on any atom is 0.220 e. The van der Waals surface area contributed by atoms with Crippen LogP contribution in [-0.2, 0) is 24.4 Å². The lowest BCUT2D eigenvalue weighted by Gasteiger charge is -2.18. The molecule has 6 rings (SSSR count). The number of benzene rings is 5. The Morgan fingerprint density at radius 2 is 1.45 bits per heavy atom. The van der Waals surface area contributed by atoms with Crippen molar-refractivity contribution in [3.63, 3.8) is 0 Å². The zero-order chi connectivity index (χ0) is 30.1. The highest BCUT2D eigenvalue weighted by molar-refractivity contribution is 5.87. The van der Waals surface area contributed by atoms with Gasteiger partial charge >= 0.3 is 0 Å². The molecule has 6 aromatic rings. The molecule has 0 bridgehead atoms. The standard InChI is InChI=1S/C39H35FN2O2/c40-33-20-18-30(19-21-33)26-42-27-37(35-16-7-8-17-38(35)42)36(25-39(43)41-23-22-29-10-3-1-4-11-29)32-14-9-15-34(24-32)44-28-31-12-5-2-6-13-31/h1-21,24,27,36H,22-23,25-26,28H2,(H,41,43). The zero-order valence-electron chi connectivity index (χ0n) is 24.5. The summed E-state index contributed by atoms with van der Waals surface area (Å²) in [6.45, 7) is 1.63. The summed E-state index contributed by atoms with van der Waals surface area (Å²) >= 11 is 0. The maximum atomic E-state index is 13.6. The summed E-state index contributed by atoms with van der Waals surface area (Å²) in [6, 6.07) is 43.2. The molecular formula is C39H35FN2O2. The highest BCUT2D eigenvalue weighted by Crippen LogP contribution is 2.36. The molecule has 0 radical (unpaired) electrons. The zero-order valence-corrected chi connectivity index (χ0v) is 24.5. The Labute approximate surface area is 257 Å². The van der Waals surface area contributed by atoms with Crippen molar-refractivity contribution in [1.29, 1.82) is 0 Å². The van der Waals surface area contributed by atoms with E-state index in [4.69, 9.17) is 4.74 Å². The number of rotatable bonds is 12. The number of aromatic nitrogens is 1. The molecule has 0 saturated carbocycles. The van der Waals surface area contributed by atoms with Gasteiger partial charge in [0.15, 0.2) is 0 Å². The molecule has 44 heavy (non-hydrogen) atoms. The van der Waals surface area contributed by atoms with Crippen molar-refractivity contribution in [2.45, 2.75) is 31.9 Å². The summed E-state index contributed by atoms with van der Waals surface area (Å²) in [6.07, 6.45) is 3.21. The average Bonchev–Trinajstić information content (AvgIpc) is 3.42. The molecule has 5 heteroatoms. The van der Waals surface area contributed by atoms with Gasteiger partial charge in [0.2, 0.25) is 5.91 Å². The first-order chi connectivity index (χ1) is 21.6. The Kier molecular flexibility index (Phi) is 9.12. The molecular weight excluding hydrogens is 547 g/mol. The van der Waals surface area contributed by atoms with Gasteiger partial charge in [-0.05, 0) is 64.6 Å². The normalized spacial score (nSPS) is 11.8. The van der Waals surface area contributed by atoms with Crippen molar-refractivity contribution >= 4 is 16.8 Å². The SMILES string of the molecule is O=C(CC(c1cccc(OCc2ccccc2)c1)c1cn(Cc2ccc(F)cc2)c2ccccc12)NCCc1ccccc1. The van der Waals surface area contributed by atoms with E-state index in [-0.39, 0.29) is 17.6 Å². The van der Waals surface area contributed by atoms with Crippen molar-refractivity contribution in [1.82, 2.24) is 9.88 Å². The van der Waals surface area contributed by atoms with Gasteiger partial charge in [0.1, 0.15) is 18.2 Å². The van der Waals surface area contributed by atoms with Crippen molar-refractivity contribution in [2.75, 3.05) is 6.54 Å². The summed E-state index contributed by atoms with van der Waals surface area (Å²) in [5.74, 6) is 0.304. The van der Waals surface area contributed by atoms with Crippen LogP contribution < -0.4 is 10.1 Å². The van der Waals surface area contributed by atoms with Crippen LogP contribution in [0.1, 0.15) is 40.2 Å². The molecule has 0 aliphatic heterocycles. The molecule has 0 saturated heterocycles. The molecule has 1 aromatic heterocycles. The van der Waals surface area contributed by atoms with E-state index in [9.17, 15) is 9.18 Å². The van der Waals surface area contributed by atoms with Crippen LogP contribution in [0.15, 0.2) is 140 Å². The highest BCUT2D eigenvalue weighted by atomic mass is 19.1. The van der Waals surface area contributed by atoms with Gasteiger partial charge in [-0.1, -0.05) is 103 Å². The van der Waals surface area contributed by atoms with Gasteiger partial charge in [0.25, 0.3) is 0 Å². The fraction of sp³-hybridized carbons (Fsp3) is 0.154. The number of hydrogen-bond acceptors (Lipinski definition) is 2. The first-order valence-electron chi connectivity index (χ1n) is 15.0. The minimum Gasteiger partial charge on any atom is -0.489 e. The van der Waals surface area contributed by atoms with E-state index in [1.165, 1.54) is 17.7 Å². The number of ether oxygens (including phenoxy) is 1. The molecule has 0 aliphatic carbocycles. The van der Waals surface area contributed by atoms with Gasteiger partial charge in [0, 0.05) is 42.5 Å². The van der Waals surface area contributed by atoms with Crippen LogP contribution in [0.3, 0.4) is 0 Å². The maximum absolute atomic E-state index is 13.6. The van der Waals surface area contributed by atoms with Crippen molar-refractivity contribution in [3.05, 3.63) is 173 Å². The van der Waals surface area contributed by atoms with Crippen LogP contribution >= 0.6 is 0 Å². The predicted molar refractivity (Wildman–Crippen MR) is 174 cm³/mol. The number of nitrogens with zero attached hydrogens (tertiary/aromatic N) is 1. The van der Waals surface area contributed by atoms with Crippen molar-refractivity contribution in [2.24, 2.45) is 0 Å². The van der Waals surface area contributed by atoms with Gasteiger partial charge in [-0.2, -0.15) is 0 Å². The van der Waals surface area contributed by atoms with Gasteiger partial charge in [-0.25, -0.2) is 4.39 Å². The number of halogens is 1. The minimum absolute atomic E-state index is 0.00287. The van der Waals surface area contributed by atoms with Gasteiger partial charge < -0.3 is 14.6 Å². The Morgan fingerprint density at radius 1 is 0.750 bits per heavy atom. The van der Waals surface area contributed by atoms with E-state index < -0.39 is 0 Å². The summed E-state index contributed by atoms with van der Waals surface area (Å²) in [5, 5.41) is 4.24. The Balaban J connectivity index is 1.30. The smallest absolute Gasteiger partial charge is 0.220 e. The molecule has 1 heterocycles. The molecule has 0 aliphatic rings. The number of carbonyl (C=O) groups is 1. The van der Waals surface area contributed by atoms with E-state index in [2.05, 4.69) is 52.5 Å². The third-order valence-electron chi connectivity index (χ3n) is 7.94. The molecule has 1 amide bonds. The minimum atomic E-state index is -0.250. The third-order valence-corrected chi connectivity index (χ3v) is 7.94. The van der Waals surface area contributed by atoms with Crippen LogP contribution in [0.5, 0.6) is 5.75 Å². The predicted octanol–water partition coefficient (Wildman–Crippen LogP) is 8.29. The summed E-state index contributed by atoms with van der Waals surface area (Å²) in [4.78, 5) is 13.5. The highest BCUT2D eigenvalue weighted by Gasteiger charge is 2.23. The number of carbonyl (C=O) groups excluding carboxylic acids is 1. The number of fused-ring (bicyclic) bond motifs is 1. The average molecular weight is 583 g/mol. The van der Waals surface area contributed by atoms with E-state index in [1.54, 1.807) is 0 Å². The van der Waals surface area contributed by atoms with Gasteiger partial charge in [0.05, 0.1) is 0 Å². The van der Waals surface area contributed by atoms with E-state index in [0.29, 0.717) is 26.1 Å². The molecule has 0 fully saturated rings. The van der Waals surface area contributed by atoms with Gasteiger partial charge in [-0.15, -0.1) is 0 Å². The quantitative estimate of drug-likeness (QED) is 0.158. The second kappa shape index (κ2) is 13.9. The van der Waals surface area contributed by atoms with E-state index in [0.717, 1.165) is 45.3 Å². The second-order valence-electron chi connectivity index (χ2n) is 11.0. The first kappa shape index (κ1) is 28.9. The first-order valence-corrected chi connectivity index (χ1v) is 15.0. The Hall–Kier alpha value is -5.16. The largest absolute Gasteiger partial charge is 0.489 e. The molecule has 5 aromatic carbocycles. The topological polar surface area (TPSA) is 43.3 Å². The molecule has 1 N–H and O–H groups in total. The lowest BCUT2D eigenvalue weighted by molar-refractivity contribution is -0.121. The fourth-order valence-corrected chi connectivity index (χ4v) is 5.69. The van der Waals surface area contributed by atoms with Crippen LogP contribution in [0.4, 0.5) is 4.39 Å². The summed E-state index contributed by atoms with van der Waals surface area (Å²) in [7, 11) is 0. The van der Waals surface area contributed by atoms with Crippen molar-refractivity contribution < 1.29 is 13.9 Å². The number of amides is 1. The molecule has 1 atom stereocenters. The van der Waals surface area contributed by atoms with Crippen molar-refractivity contribution in [3.8, 4) is 5.75 Å². The number of hydrogen-bond donors (Lipinski definition) is 1. The van der Waals surface area contributed by atoms with Crippen LogP contribution in [0.2, 0.25) is 0 Å². The van der Waals surface area contributed by atoms with E-state index >= 15 is 0 Å². The molecule has 0 spiro atoms. The molecule has 4 nitrogen and oxygen atoms in total. The van der Waals surface area contributed by atoms with Crippen LogP contribution in [0.25, 0.3) is 10.9 Å². The number of nitrogens with one attached hydrogen (secondary N) is 1. The third kappa shape index (κ3) is 7.24.